The van der Waals surface area contributed by atoms with Gasteiger partial charge < -0.3 is 25.6 Å². The molecular formula is C48H62ClN17O4S4. The van der Waals surface area contributed by atoms with Gasteiger partial charge in [0.25, 0.3) is 0 Å². The molecule has 0 radical (unpaired) electrons. The Labute approximate surface area is 452 Å². The molecule has 0 aliphatic carbocycles. The van der Waals surface area contributed by atoms with Crippen LogP contribution in [0.2, 0.25) is 4.47 Å². The number of aryl methyl sites for hydroxylation is 4. The number of ether oxygens (including phenoxy) is 1. The highest BCUT2D eigenvalue weighted by atomic mass is 35.5. The number of carbonyl (C=O) groups excluding carboxylic acids is 2. The summed E-state index contributed by atoms with van der Waals surface area (Å²) >= 11 is 10.7. The van der Waals surface area contributed by atoms with Crippen molar-refractivity contribution in [3.05, 3.63) is 125 Å². The van der Waals surface area contributed by atoms with E-state index in [2.05, 4.69) is 72.5 Å². The van der Waals surface area contributed by atoms with Crippen molar-refractivity contribution in [1.82, 2.24) is 62.8 Å². The van der Waals surface area contributed by atoms with Crippen LogP contribution >= 0.6 is 57.7 Å². The predicted octanol–water partition coefficient (Wildman–Crippen LogP) is 10.9. The van der Waals surface area contributed by atoms with Gasteiger partial charge in [0.1, 0.15) is 46.6 Å². The molecule has 0 aliphatic heterocycles. The molecule has 0 bridgehead atoms. The van der Waals surface area contributed by atoms with Gasteiger partial charge in [0.2, 0.25) is 25.8 Å². The Hall–Kier alpha value is -6.77. The zero-order valence-corrected chi connectivity index (χ0v) is 46.0. The molecule has 0 atom stereocenters. The molecule has 0 aliphatic rings. The van der Waals surface area contributed by atoms with Crippen LogP contribution in [0, 0.1) is 27.7 Å². The van der Waals surface area contributed by atoms with E-state index < -0.39 is 0 Å². The summed E-state index contributed by atoms with van der Waals surface area (Å²) < 4.78 is 21.8. The number of hydroxylamine groups is 1. The number of hydrogen-bond acceptors (Lipinski definition) is 24. The maximum absolute atomic E-state index is 11.3. The Morgan fingerprint density at radius 3 is 1.46 bits per heavy atom. The highest BCUT2D eigenvalue weighted by Crippen LogP contribution is 2.27. The van der Waals surface area contributed by atoms with Gasteiger partial charge in [-0.15, -0.1) is 0 Å². The SMILES string of the molecule is CCOC(=O)CCCCCCN(c1ccccn1)c1nc(C)ns1.Cc1nsc(Cl)n1.Cc1nsc(N(CCCCCCC(=O)NO)c2ccccn2)n1.Cc1nsc(Nc2ccccn2)n1.Nc1ccccn1. The lowest BCUT2D eigenvalue weighted by Gasteiger charge is -2.20. The molecule has 8 aromatic rings. The molecule has 21 nitrogen and oxygen atoms in total. The van der Waals surface area contributed by atoms with Crippen LogP contribution in [0.3, 0.4) is 0 Å². The topological polar surface area (TPSA) is 275 Å². The van der Waals surface area contributed by atoms with E-state index in [1.807, 2.05) is 101 Å². The number of nitrogens with zero attached hydrogens (tertiary/aromatic N) is 14. The Morgan fingerprint density at radius 1 is 0.595 bits per heavy atom. The first-order chi connectivity index (χ1) is 35.9. The summed E-state index contributed by atoms with van der Waals surface area (Å²) in [5.41, 5.74) is 6.90. The standard InChI is InChI=1S/C17H24N4O2S.C15H21N5O2S.C8H8N4S.C5H6N2.C3H3ClN2S/c1-3-23-16(22)11-6-4-5-9-13-21(15-10-7-8-12-18-15)17-19-14(2)20-24-17;1-12-17-15(23-19-12)20(13-8-5-6-10-16-13)11-7-3-2-4-9-14(21)18-22;1-6-10-8(13-12-6)11-7-4-2-3-5-9-7;6-5-3-1-2-4-7-5;1-2-5-3(4)7-6-2/h7-8,10,12H,3-6,9,11,13H2,1-2H3;5-6,8,10,22H,2-4,7,9,11H2,1H3,(H,18,21);2-5H,1H3,(H,9,10,11,12);1-4H,(H2,6,7);1H3. The molecule has 394 valence electrons. The van der Waals surface area contributed by atoms with Gasteiger partial charge in [-0.05, 0) is 132 Å². The van der Waals surface area contributed by atoms with E-state index in [1.165, 1.54) is 46.1 Å². The maximum atomic E-state index is 11.3. The lowest BCUT2D eigenvalue weighted by Crippen LogP contribution is -2.19. The number of hydrogen-bond donors (Lipinski definition) is 4. The number of nitrogens with two attached hydrogens (primary N) is 1. The van der Waals surface area contributed by atoms with Gasteiger partial charge in [-0.2, -0.15) is 17.5 Å². The molecule has 8 heterocycles. The summed E-state index contributed by atoms with van der Waals surface area (Å²) in [4.78, 5) is 60.0. The Bertz CT molecular complexity index is 2710. The molecule has 74 heavy (non-hydrogen) atoms. The summed E-state index contributed by atoms with van der Waals surface area (Å²) in [5, 5.41) is 14.0. The van der Waals surface area contributed by atoms with Crippen molar-refractivity contribution >= 4 is 108 Å². The second-order valence-electron chi connectivity index (χ2n) is 15.4. The van der Waals surface area contributed by atoms with E-state index in [0.29, 0.717) is 29.7 Å². The molecule has 0 spiro atoms. The smallest absolute Gasteiger partial charge is 0.305 e. The Kier molecular flexibility index (Phi) is 28.6. The summed E-state index contributed by atoms with van der Waals surface area (Å²) in [7, 11) is 0. The van der Waals surface area contributed by atoms with Crippen molar-refractivity contribution in [3.8, 4) is 0 Å². The monoisotopic (exact) mass is 1100 g/mol. The number of nitrogens with one attached hydrogen (secondary N) is 2. The number of amides is 1. The summed E-state index contributed by atoms with van der Waals surface area (Å²) in [5.74, 6) is 5.76. The zero-order valence-electron chi connectivity index (χ0n) is 42.0. The second-order valence-corrected chi connectivity index (χ2v) is 19.0. The third kappa shape index (κ3) is 24.8. The Morgan fingerprint density at radius 2 is 1.08 bits per heavy atom. The lowest BCUT2D eigenvalue weighted by molar-refractivity contribution is -0.143. The maximum Gasteiger partial charge on any atom is 0.305 e. The molecule has 26 heteroatoms. The minimum atomic E-state index is -0.329. The van der Waals surface area contributed by atoms with Crippen LogP contribution in [-0.2, 0) is 14.3 Å². The first kappa shape index (κ1) is 59.8. The van der Waals surface area contributed by atoms with Crippen molar-refractivity contribution in [2.24, 2.45) is 0 Å². The average molecular weight is 1100 g/mol. The number of carbonyl (C=O) groups is 2. The van der Waals surface area contributed by atoms with E-state index >= 15 is 0 Å². The van der Waals surface area contributed by atoms with E-state index in [9.17, 15) is 9.59 Å². The minimum Gasteiger partial charge on any atom is -0.466 e. The van der Waals surface area contributed by atoms with Gasteiger partial charge in [0, 0.05) is 85.3 Å². The van der Waals surface area contributed by atoms with Gasteiger partial charge in [0.05, 0.1) is 6.61 Å². The van der Waals surface area contributed by atoms with Crippen LogP contribution in [0.5, 0.6) is 0 Å². The molecule has 0 saturated carbocycles. The average Bonchev–Trinajstić information content (AvgIpc) is 4.24. The molecular weight excluding hydrogens is 1040 g/mol. The van der Waals surface area contributed by atoms with Gasteiger partial charge in [-0.25, -0.2) is 45.4 Å². The predicted molar refractivity (Wildman–Crippen MR) is 295 cm³/mol. The Balaban J connectivity index is 0.000000217. The van der Waals surface area contributed by atoms with Crippen molar-refractivity contribution < 1.29 is 19.5 Å². The van der Waals surface area contributed by atoms with Crippen molar-refractivity contribution in [1.29, 1.82) is 0 Å². The van der Waals surface area contributed by atoms with Gasteiger partial charge in [-0.3, -0.25) is 14.8 Å². The van der Waals surface area contributed by atoms with Crippen LogP contribution in [0.4, 0.5) is 38.7 Å². The van der Waals surface area contributed by atoms with Crippen LogP contribution in [0.1, 0.15) is 94.4 Å². The van der Waals surface area contributed by atoms with Crippen LogP contribution in [0.25, 0.3) is 0 Å². The van der Waals surface area contributed by atoms with Crippen LogP contribution in [0.15, 0.2) is 97.6 Å². The molecule has 5 N–H and O–H groups in total. The molecule has 0 saturated heterocycles. The first-order valence-electron chi connectivity index (χ1n) is 23.6. The molecule has 0 unspecified atom stereocenters. The van der Waals surface area contributed by atoms with E-state index in [0.717, 1.165) is 121 Å². The van der Waals surface area contributed by atoms with Gasteiger partial charge >= 0.3 is 5.97 Å². The fourth-order valence-corrected chi connectivity index (χ4v) is 8.72. The number of anilines is 7. The molecule has 8 aromatic heterocycles. The zero-order chi connectivity index (χ0) is 53.2. The molecule has 8 rings (SSSR count). The number of rotatable bonds is 21. The number of halogens is 1. The number of nitrogen functional groups attached to an aromatic ring is 1. The van der Waals surface area contributed by atoms with Gasteiger partial charge in [-0.1, -0.05) is 49.9 Å². The number of esters is 1. The molecule has 0 aromatic carbocycles. The number of pyridine rings is 4. The highest BCUT2D eigenvalue weighted by Gasteiger charge is 2.16. The van der Waals surface area contributed by atoms with Crippen molar-refractivity contribution in [2.75, 3.05) is 40.5 Å². The first-order valence-corrected chi connectivity index (χ1v) is 27.1. The van der Waals surface area contributed by atoms with E-state index in [1.54, 1.807) is 36.3 Å². The van der Waals surface area contributed by atoms with Crippen molar-refractivity contribution in [2.45, 2.75) is 98.8 Å². The normalized spacial score (nSPS) is 10.1. The van der Waals surface area contributed by atoms with E-state index in [-0.39, 0.29) is 11.9 Å². The van der Waals surface area contributed by atoms with Crippen LogP contribution in [-0.4, -0.2) is 94.1 Å². The van der Waals surface area contributed by atoms with Crippen molar-refractivity contribution in [3.63, 3.8) is 0 Å². The highest BCUT2D eigenvalue weighted by molar-refractivity contribution is 7.10. The lowest BCUT2D eigenvalue weighted by atomic mass is 10.1. The fraction of sp³-hybridized carbons (Fsp3) is 0.375. The summed E-state index contributed by atoms with van der Waals surface area (Å²) in [6.07, 6.45) is 15.5. The third-order valence-corrected chi connectivity index (χ3v) is 12.7. The number of aromatic nitrogens is 12. The molecule has 1 amide bonds. The van der Waals surface area contributed by atoms with Gasteiger partial charge in [0.15, 0.2) is 0 Å². The fourth-order valence-electron chi connectivity index (χ4n) is 6.07. The minimum absolute atomic E-state index is 0.100. The number of unbranched alkanes of at least 4 members (excludes halogenated alkanes) is 6. The largest absolute Gasteiger partial charge is 0.466 e. The van der Waals surface area contributed by atoms with Crippen LogP contribution < -0.4 is 26.3 Å². The summed E-state index contributed by atoms with van der Waals surface area (Å²) in [6, 6.07) is 22.8. The quantitative estimate of drug-likeness (QED) is 0.0225. The molecule has 0 fully saturated rings. The van der Waals surface area contributed by atoms with E-state index in [4.69, 9.17) is 27.3 Å². The third-order valence-electron chi connectivity index (χ3n) is 9.44. The second kappa shape index (κ2) is 35.4. The summed E-state index contributed by atoms with van der Waals surface area (Å²) in [6.45, 7) is 11.4.